The third-order valence-corrected chi connectivity index (χ3v) is 5.34. The number of carbonyl (C=O) groups is 2. The van der Waals surface area contributed by atoms with Crippen LogP contribution < -0.4 is 5.32 Å². The van der Waals surface area contributed by atoms with E-state index in [2.05, 4.69) is 12.2 Å². The van der Waals surface area contributed by atoms with Crippen LogP contribution in [0.1, 0.15) is 52.4 Å². The van der Waals surface area contributed by atoms with Gasteiger partial charge in [-0.1, -0.05) is 20.3 Å². The maximum Gasteiger partial charge on any atom is 0.317 e. The van der Waals surface area contributed by atoms with Gasteiger partial charge in [-0.25, -0.2) is 4.79 Å². The van der Waals surface area contributed by atoms with Crippen molar-refractivity contribution in [3.05, 3.63) is 0 Å². The standard InChI is InChI=1S/C16H28N2O3/c1-3-16(14(19)20)7-4-8-18(11-16)15(21)17-10-13-6-5-12(2)9-13/h12-13H,3-11H2,1-2H3,(H,17,21)(H,19,20). The summed E-state index contributed by atoms with van der Waals surface area (Å²) in [6.07, 6.45) is 5.65. The molecule has 1 saturated carbocycles. The van der Waals surface area contributed by atoms with Crippen LogP contribution in [0.15, 0.2) is 0 Å². The van der Waals surface area contributed by atoms with Gasteiger partial charge in [0.25, 0.3) is 0 Å². The minimum Gasteiger partial charge on any atom is -0.481 e. The number of hydrogen-bond donors (Lipinski definition) is 2. The molecule has 2 fully saturated rings. The molecule has 3 unspecified atom stereocenters. The number of likely N-dealkylation sites (tertiary alicyclic amines) is 1. The summed E-state index contributed by atoms with van der Waals surface area (Å²) in [5.41, 5.74) is -0.753. The molecule has 21 heavy (non-hydrogen) atoms. The summed E-state index contributed by atoms with van der Waals surface area (Å²) in [5, 5.41) is 12.5. The number of carboxylic acid groups (broad SMARTS) is 1. The Morgan fingerprint density at radius 2 is 2.14 bits per heavy atom. The van der Waals surface area contributed by atoms with Gasteiger partial charge in [-0.05, 0) is 43.9 Å². The first-order valence-corrected chi connectivity index (χ1v) is 8.23. The van der Waals surface area contributed by atoms with Crippen LogP contribution in [0.2, 0.25) is 0 Å². The van der Waals surface area contributed by atoms with Crippen molar-refractivity contribution in [3.8, 4) is 0 Å². The molecule has 1 heterocycles. The Balaban J connectivity index is 1.85. The third-order valence-electron chi connectivity index (χ3n) is 5.34. The lowest BCUT2D eigenvalue weighted by Crippen LogP contribution is -2.52. The largest absolute Gasteiger partial charge is 0.481 e. The number of piperidine rings is 1. The molecule has 2 N–H and O–H groups in total. The summed E-state index contributed by atoms with van der Waals surface area (Å²) in [7, 11) is 0. The summed E-state index contributed by atoms with van der Waals surface area (Å²) >= 11 is 0. The highest BCUT2D eigenvalue weighted by Crippen LogP contribution is 2.34. The van der Waals surface area contributed by atoms with Crippen LogP contribution in [0, 0.1) is 17.3 Å². The van der Waals surface area contributed by atoms with Crippen LogP contribution in [-0.4, -0.2) is 41.6 Å². The highest BCUT2D eigenvalue weighted by Gasteiger charge is 2.42. The number of carbonyl (C=O) groups excluding carboxylic acids is 1. The van der Waals surface area contributed by atoms with Gasteiger partial charge in [-0.2, -0.15) is 0 Å². The normalized spacial score (nSPS) is 33.0. The first-order valence-electron chi connectivity index (χ1n) is 8.23. The van der Waals surface area contributed by atoms with Gasteiger partial charge < -0.3 is 15.3 Å². The van der Waals surface area contributed by atoms with Crippen LogP contribution in [0.25, 0.3) is 0 Å². The zero-order chi connectivity index (χ0) is 15.5. The number of nitrogens with one attached hydrogen (secondary N) is 1. The Bertz CT molecular complexity index is 399. The van der Waals surface area contributed by atoms with Crippen molar-refractivity contribution >= 4 is 12.0 Å². The average molecular weight is 296 g/mol. The van der Waals surface area contributed by atoms with Gasteiger partial charge in [0.15, 0.2) is 0 Å². The summed E-state index contributed by atoms with van der Waals surface area (Å²) < 4.78 is 0. The third kappa shape index (κ3) is 3.69. The highest BCUT2D eigenvalue weighted by molar-refractivity contribution is 5.78. The van der Waals surface area contributed by atoms with E-state index in [0.717, 1.165) is 18.9 Å². The monoisotopic (exact) mass is 296 g/mol. The van der Waals surface area contributed by atoms with E-state index in [1.165, 1.54) is 19.3 Å². The van der Waals surface area contributed by atoms with Gasteiger partial charge in [0.05, 0.1) is 5.41 Å². The van der Waals surface area contributed by atoms with E-state index in [1.807, 2.05) is 6.92 Å². The molecule has 1 saturated heterocycles. The summed E-state index contributed by atoms with van der Waals surface area (Å²) in [5.74, 6) is 0.581. The molecule has 2 aliphatic rings. The SMILES string of the molecule is CCC1(C(=O)O)CCCN(C(=O)NCC2CCC(C)C2)C1. The first kappa shape index (κ1) is 16.1. The number of nitrogens with zero attached hydrogens (tertiary/aromatic N) is 1. The second-order valence-electron chi connectivity index (χ2n) is 6.93. The van der Waals surface area contributed by atoms with Crippen LogP contribution in [-0.2, 0) is 4.79 Å². The molecule has 1 aliphatic carbocycles. The van der Waals surface area contributed by atoms with E-state index in [0.29, 0.717) is 31.8 Å². The van der Waals surface area contributed by atoms with Gasteiger partial charge in [0, 0.05) is 19.6 Å². The molecule has 0 aromatic carbocycles. The van der Waals surface area contributed by atoms with E-state index >= 15 is 0 Å². The smallest absolute Gasteiger partial charge is 0.317 e. The second-order valence-corrected chi connectivity index (χ2v) is 6.93. The fraction of sp³-hybridized carbons (Fsp3) is 0.875. The second kappa shape index (κ2) is 6.67. The molecule has 2 amide bonds. The summed E-state index contributed by atoms with van der Waals surface area (Å²) in [4.78, 5) is 25.5. The predicted molar refractivity (Wildman–Crippen MR) is 81.1 cm³/mol. The summed E-state index contributed by atoms with van der Waals surface area (Å²) in [6, 6.07) is -0.0895. The Morgan fingerprint density at radius 3 is 2.71 bits per heavy atom. The molecule has 2 rings (SSSR count). The minimum atomic E-state index is -0.771. The van der Waals surface area contributed by atoms with Gasteiger partial charge >= 0.3 is 12.0 Å². The van der Waals surface area contributed by atoms with E-state index in [9.17, 15) is 14.7 Å². The van der Waals surface area contributed by atoms with Crippen molar-refractivity contribution in [2.24, 2.45) is 17.3 Å². The van der Waals surface area contributed by atoms with Crippen molar-refractivity contribution in [2.75, 3.05) is 19.6 Å². The van der Waals surface area contributed by atoms with Crippen LogP contribution in [0.5, 0.6) is 0 Å². The molecule has 5 heteroatoms. The number of rotatable bonds is 4. The van der Waals surface area contributed by atoms with E-state index in [1.54, 1.807) is 4.90 Å². The fourth-order valence-electron chi connectivity index (χ4n) is 3.77. The van der Waals surface area contributed by atoms with Crippen LogP contribution >= 0.6 is 0 Å². The Morgan fingerprint density at radius 1 is 1.38 bits per heavy atom. The topological polar surface area (TPSA) is 69.6 Å². The van der Waals surface area contributed by atoms with Gasteiger partial charge in [-0.15, -0.1) is 0 Å². The minimum absolute atomic E-state index is 0.0895. The van der Waals surface area contributed by atoms with Crippen molar-refractivity contribution < 1.29 is 14.7 Å². The Hall–Kier alpha value is -1.26. The quantitative estimate of drug-likeness (QED) is 0.838. The molecule has 1 aliphatic heterocycles. The maximum atomic E-state index is 12.3. The molecule has 0 aromatic rings. The lowest BCUT2D eigenvalue weighted by atomic mass is 9.78. The lowest BCUT2D eigenvalue weighted by molar-refractivity contribution is -0.152. The Labute approximate surface area is 127 Å². The molecule has 0 bridgehead atoms. The highest BCUT2D eigenvalue weighted by atomic mass is 16.4. The molecular formula is C16H28N2O3. The first-order chi connectivity index (χ1) is 9.97. The average Bonchev–Trinajstić information content (AvgIpc) is 2.90. The van der Waals surface area contributed by atoms with Gasteiger partial charge in [0.1, 0.15) is 0 Å². The molecule has 3 atom stereocenters. The number of carboxylic acids is 1. The Kier molecular flexibility index (Phi) is 5.12. The number of aliphatic carboxylic acids is 1. The van der Waals surface area contributed by atoms with Crippen LogP contribution in [0.4, 0.5) is 4.79 Å². The zero-order valence-corrected chi connectivity index (χ0v) is 13.2. The summed E-state index contributed by atoms with van der Waals surface area (Å²) in [6.45, 7) is 5.89. The van der Waals surface area contributed by atoms with Crippen molar-refractivity contribution in [3.63, 3.8) is 0 Å². The number of amides is 2. The predicted octanol–water partition coefficient (Wildman–Crippen LogP) is 2.71. The van der Waals surface area contributed by atoms with E-state index in [-0.39, 0.29) is 6.03 Å². The number of urea groups is 1. The van der Waals surface area contributed by atoms with Crippen molar-refractivity contribution in [1.29, 1.82) is 0 Å². The van der Waals surface area contributed by atoms with Gasteiger partial charge in [-0.3, -0.25) is 4.79 Å². The van der Waals surface area contributed by atoms with Crippen molar-refractivity contribution in [1.82, 2.24) is 10.2 Å². The number of hydrogen-bond acceptors (Lipinski definition) is 2. The molecule has 5 nitrogen and oxygen atoms in total. The van der Waals surface area contributed by atoms with Crippen LogP contribution in [0.3, 0.4) is 0 Å². The fourth-order valence-corrected chi connectivity index (χ4v) is 3.77. The van der Waals surface area contributed by atoms with Crippen molar-refractivity contribution in [2.45, 2.75) is 52.4 Å². The van der Waals surface area contributed by atoms with E-state index < -0.39 is 11.4 Å². The molecular weight excluding hydrogens is 268 g/mol. The molecule has 0 radical (unpaired) electrons. The lowest BCUT2D eigenvalue weighted by Gasteiger charge is -2.39. The molecule has 0 aromatic heterocycles. The maximum absolute atomic E-state index is 12.3. The van der Waals surface area contributed by atoms with Gasteiger partial charge in [0.2, 0.25) is 0 Å². The molecule has 0 spiro atoms. The zero-order valence-electron chi connectivity index (χ0n) is 13.2. The molecule has 120 valence electrons. The van der Waals surface area contributed by atoms with E-state index in [4.69, 9.17) is 0 Å².